The Bertz CT molecular complexity index is 1600. The summed E-state index contributed by atoms with van der Waals surface area (Å²) in [6.45, 7) is 0.504. The molecule has 6 aliphatic rings. The van der Waals surface area contributed by atoms with Crippen LogP contribution in [0.1, 0.15) is 176 Å². The molecule has 7 N–H and O–H groups in total. The van der Waals surface area contributed by atoms with E-state index in [-0.39, 0.29) is 78.8 Å². The van der Waals surface area contributed by atoms with Gasteiger partial charge in [-0.3, -0.25) is 30.3 Å². The van der Waals surface area contributed by atoms with E-state index >= 15 is 0 Å². The molecule has 2 heterocycles. The van der Waals surface area contributed by atoms with Crippen molar-refractivity contribution in [2.24, 2.45) is 47.1 Å². The van der Waals surface area contributed by atoms with Crippen LogP contribution < -0.4 is 22.4 Å². The molecule has 4 aliphatic carbocycles. The third-order valence-electron chi connectivity index (χ3n) is 12.5. The van der Waals surface area contributed by atoms with Gasteiger partial charge in [0, 0.05) is 56.7 Å². The predicted octanol–water partition coefficient (Wildman–Crippen LogP) is 7.30. The second-order valence-electron chi connectivity index (χ2n) is 17.3. The van der Waals surface area contributed by atoms with Crippen LogP contribution in [0, 0.1) is 63.3 Å². The third-order valence-corrected chi connectivity index (χ3v) is 13.7. The fraction of sp³-hybridized carbons (Fsp3) is 0.897. The van der Waals surface area contributed by atoms with Crippen LogP contribution in [0.15, 0.2) is 14.0 Å². The molecule has 6 rings (SSSR count). The normalized spacial score (nSPS) is 23.7. The maximum absolute atomic E-state index is 10.9. The van der Waals surface area contributed by atoms with Gasteiger partial charge in [-0.15, -0.1) is 8.80 Å². The van der Waals surface area contributed by atoms with Crippen molar-refractivity contribution in [3.05, 3.63) is 30.3 Å². The predicted molar refractivity (Wildman–Crippen MR) is 244 cm³/mol. The van der Waals surface area contributed by atoms with Crippen LogP contribution in [0.5, 0.6) is 0 Å². The van der Waals surface area contributed by atoms with E-state index in [0.717, 1.165) is 116 Å². The first kappa shape index (κ1) is 59.1. The molecule has 0 aromatic rings. The van der Waals surface area contributed by atoms with Gasteiger partial charge in [-0.05, 0) is 63.3 Å². The first-order valence-electron chi connectivity index (χ1n) is 20.8. The third kappa shape index (κ3) is 21.1. The van der Waals surface area contributed by atoms with E-state index in [2.05, 4.69) is 39.5 Å². The van der Waals surface area contributed by atoms with E-state index in [1.54, 1.807) is 0 Å². The molecule has 4 fully saturated rings. The summed E-state index contributed by atoms with van der Waals surface area (Å²) >= 11 is -3.22. The van der Waals surface area contributed by atoms with E-state index in [0.29, 0.717) is 37.5 Å². The molecule has 22 nitrogen and oxygen atoms in total. The molecule has 0 aromatic heterocycles. The summed E-state index contributed by atoms with van der Waals surface area (Å²) in [5.74, 6) is 1.24. The second kappa shape index (κ2) is 29.5. The van der Waals surface area contributed by atoms with E-state index in [1.807, 2.05) is 0 Å². The highest BCUT2D eigenvalue weighted by atomic mass is 32.2. The van der Waals surface area contributed by atoms with Crippen LogP contribution in [0.4, 0.5) is 0 Å². The van der Waals surface area contributed by atoms with Crippen molar-refractivity contribution in [3.63, 3.8) is 0 Å². The van der Waals surface area contributed by atoms with Gasteiger partial charge in [0.25, 0.3) is 0 Å². The van der Waals surface area contributed by atoms with E-state index < -0.39 is 27.9 Å². The summed E-state index contributed by atoms with van der Waals surface area (Å²) in [4.78, 5) is 31.0. The van der Waals surface area contributed by atoms with Crippen molar-refractivity contribution in [2.75, 3.05) is 26.2 Å². The molecule has 24 heteroatoms. The minimum absolute atomic E-state index is 0. The summed E-state index contributed by atoms with van der Waals surface area (Å²) in [6.07, 6.45) is 22.3. The highest BCUT2D eigenvalue weighted by Gasteiger charge is 2.41. The smallest absolute Gasteiger partial charge is 0.309 e. The molecule has 364 valence electrons. The lowest BCUT2D eigenvalue weighted by Crippen LogP contribution is -2.37. The molecule has 0 saturated heterocycles. The quantitative estimate of drug-likeness (QED) is 0.0375. The minimum Gasteiger partial charge on any atom is -0.409 e. The molecule has 0 aromatic carbocycles. The average molecular weight is 938 g/mol. The van der Waals surface area contributed by atoms with E-state index in [4.69, 9.17) is 21.9 Å². The van der Waals surface area contributed by atoms with Crippen LogP contribution in [-0.4, -0.2) is 72.1 Å². The second-order valence-corrected chi connectivity index (χ2v) is 18.8. The Hall–Kier alpha value is -3.92. The van der Waals surface area contributed by atoms with Gasteiger partial charge >= 0.3 is 22.5 Å². The number of nitro groups is 3. The first-order chi connectivity index (χ1) is 28.6. The van der Waals surface area contributed by atoms with E-state index in [1.165, 1.54) is 19.3 Å². The summed E-state index contributed by atoms with van der Waals surface area (Å²) in [7, 11) is 0. The number of nitrogens with two attached hydrogens (primary N) is 2. The number of oxime groups is 1. The molecular formula is C39H75N11O11S2. The molecule has 4 saturated carbocycles. The Labute approximate surface area is 378 Å². The number of hydrogen-bond donors (Lipinski definition) is 5. The first-order valence-corrected chi connectivity index (χ1v) is 22.9. The molecule has 2 atom stereocenters. The standard InChI is InChI=1S/C9H15N3O4S.C9H17N3O3.C9H17N3O2S.C9H14N2O2.3CH4/c13-12(14)7-9(4-2-1-3-5-9)6-8-10-16-17(15)11-8;10-8(11-13)6-9(7-12(14)15)4-2-1-3-5-9;10-7-9(4-2-1-3-5-9)6-8-11-14-15(13)12-8;10-7-6-9(8-11(12)13)4-2-1-3-5-9;;;/h1-7H2,(H,10,11);13H,1-7H2,(H2,10,11);1-7,10H2,(H,11,12);1-6,8H2;3*1H4. The molecule has 2 unspecified atom stereocenters. The summed E-state index contributed by atoms with van der Waals surface area (Å²) < 4.78 is 38.7. The maximum atomic E-state index is 10.9. The van der Waals surface area contributed by atoms with Gasteiger partial charge in [-0.1, -0.05) is 104 Å². The van der Waals surface area contributed by atoms with Crippen molar-refractivity contribution >= 4 is 40.0 Å². The number of hydroxylamine groups is 2. The molecule has 0 bridgehead atoms. The Balaban J connectivity index is 0.000000804. The van der Waals surface area contributed by atoms with Crippen molar-refractivity contribution in [1.29, 1.82) is 5.26 Å². The Morgan fingerprint density at radius 3 is 1.33 bits per heavy atom. The maximum Gasteiger partial charge on any atom is 0.309 e. The lowest BCUT2D eigenvalue weighted by atomic mass is 9.71. The zero-order chi connectivity index (χ0) is 44.1. The lowest BCUT2D eigenvalue weighted by Gasteiger charge is -2.35. The number of hydrogen-bond acceptors (Lipinski definition) is 16. The number of amidine groups is 3. The van der Waals surface area contributed by atoms with Gasteiger partial charge in [-0.25, -0.2) is 19.4 Å². The molecule has 0 amide bonds. The molecule has 63 heavy (non-hydrogen) atoms. The van der Waals surface area contributed by atoms with Crippen LogP contribution in [0.3, 0.4) is 0 Å². The number of nitrogens with zero attached hydrogens (tertiary/aromatic N) is 7. The topological polar surface area (TPSA) is 339 Å². The molecule has 0 spiro atoms. The van der Waals surface area contributed by atoms with E-state index in [9.17, 15) is 38.8 Å². The lowest BCUT2D eigenvalue weighted by molar-refractivity contribution is -0.498. The van der Waals surface area contributed by atoms with Gasteiger partial charge in [0.2, 0.25) is 19.6 Å². The van der Waals surface area contributed by atoms with Crippen LogP contribution in [0.2, 0.25) is 0 Å². The minimum atomic E-state index is -1.68. The molecular weight excluding hydrogens is 863 g/mol. The highest BCUT2D eigenvalue weighted by Crippen LogP contribution is 2.42. The van der Waals surface area contributed by atoms with Gasteiger partial charge in [-0.2, -0.15) is 13.8 Å². The van der Waals surface area contributed by atoms with Crippen LogP contribution in [-0.2, 0) is 31.1 Å². The van der Waals surface area contributed by atoms with Gasteiger partial charge in [0.15, 0.2) is 0 Å². The molecule has 0 radical (unpaired) electrons. The summed E-state index contributed by atoms with van der Waals surface area (Å²) in [5.41, 5.74) is 15.5. The Morgan fingerprint density at radius 2 is 1.00 bits per heavy atom. The van der Waals surface area contributed by atoms with Gasteiger partial charge < -0.3 is 16.7 Å². The van der Waals surface area contributed by atoms with Crippen molar-refractivity contribution in [3.8, 4) is 6.07 Å². The van der Waals surface area contributed by atoms with Crippen LogP contribution >= 0.6 is 0 Å². The highest BCUT2D eigenvalue weighted by molar-refractivity contribution is 7.79. The average Bonchev–Trinajstić information content (AvgIpc) is 3.81. The SMILES string of the molecule is C.C.C.N#CCC1(C[N+](=O)[O-])CCCCC1.N/C(CC1(C[N+](=O)[O-])CCCCC1)=N\O.NCC1(CC2=NS(=O)ON2)CCCCC1.O=[N+]([O-])CC1(CC2=NS(=O)ON2)CCCCC1. The fourth-order valence-electron chi connectivity index (χ4n) is 9.51. The van der Waals surface area contributed by atoms with Gasteiger partial charge in [0.1, 0.15) is 17.5 Å². The number of nitrogens with one attached hydrogen (secondary N) is 2. The van der Waals surface area contributed by atoms with Crippen LogP contribution in [0.25, 0.3) is 0 Å². The largest absolute Gasteiger partial charge is 0.409 e. The van der Waals surface area contributed by atoms with Crippen molar-refractivity contribution < 1.29 is 37.0 Å². The summed E-state index contributed by atoms with van der Waals surface area (Å²) in [6, 6.07) is 2.08. The zero-order valence-electron chi connectivity index (χ0n) is 34.4. The van der Waals surface area contributed by atoms with Gasteiger partial charge in [0.05, 0.1) is 6.07 Å². The number of nitriles is 1. The Morgan fingerprint density at radius 1 is 0.667 bits per heavy atom. The zero-order valence-corrected chi connectivity index (χ0v) is 36.1. The fourth-order valence-corrected chi connectivity index (χ4v) is 10.5. The summed E-state index contributed by atoms with van der Waals surface area (Å²) in [5, 5.41) is 51.9. The monoisotopic (exact) mass is 938 g/mol. The van der Waals surface area contributed by atoms with Crippen molar-refractivity contribution in [1.82, 2.24) is 11.0 Å². The van der Waals surface area contributed by atoms with Crippen molar-refractivity contribution in [2.45, 2.75) is 176 Å². The molecule has 2 aliphatic heterocycles. The Kier molecular flexibility index (Phi) is 27.7. The number of rotatable bonds is 14.